The molecule has 4 rings (SSSR count). The zero-order valence-electron chi connectivity index (χ0n) is 17.0. The highest BCUT2D eigenvalue weighted by Gasteiger charge is 2.23. The molecular formula is C23H25ClN4OS. The second kappa shape index (κ2) is 9.67. The minimum atomic E-state index is 0.175. The van der Waals surface area contributed by atoms with Gasteiger partial charge < -0.3 is 9.47 Å². The summed E-state index contributed by atoms with van der Waals surface area (Å²) >= 11 is 7.41. The number of piperidine rings is 1. The average molecular weight is 441 g/mol. The van der Waals surface area contributed by atoms with E-state index in [0.29, 0.717) is 16.7 Å². The van der Waals surface area contributed by atoms with E-state index in [0.717, 1.165) is 48.9 Å². The number of likely N-dealkylation sites (tertiary alicyclic amines) is 1. The van der Waals surface area contributed by atoms with Crippen LogP contribution < -0.4 is 0 Å². The number of carbonyl (C=O) groups is 1. The van der Waals surface area contributed by atoms with Crippen LogP contribution in [0.2, 0.25) is 5.02 Å². The first-order valence-corrected chi connectivity index (χ1v) is 11.6. The molecular weight excluding hydrogens is 416 g/mol. The number of aromatic nitrogens is 3. The Labute approximate surface area is 186 Å². The fourth-order valence-corrected chi connectivity index (χ4v) is 4.78. The summed E-state index contributed by atoms with van der Waals surface area (Å²) in [5.41, 5.74) is 2.34. The van der Waals surface area contributed by atoms with Gasteiger partial charge in [0.15, 0.2) is 11.0 Å². The lowest BCUT2D eigenvalue weighted by Gasteiger charge is -2.32. The van der Waals surface area contributed by atoms with Crippen molar-refractivity contribution in [2.45, 2.75) is 24.4 Å². The van der Waals surface area contributed by atoms with E-state index in [1.54, 1.807) is 0 Å². The van der Waals surface area contributed by atoms with Crippen molar-refractivity contribution in [2.75, 3.05) is 18.8 Å². The molecule has 0 saturated carbocycles. The average Bonchev–Trinajstić information content (AvgIpc) is 3.14. The summed E-state index contributed by atoms with van der Waals surface area (Å²) in [5.74, 6) is 1.98. The Kier molecular flexibility index (Phi) is 6.75. The minimum absolute atomic E-state index is 0.175. The third-order valence-electron chi connectivity index (χ3n) is 5.60. The van der Waals surface area contributed by atoms with E-state index in [9.17, 15) is 4.79 Å². The van der Waals surface area contributed by atoms with Crippen molar-refractivity contribution in [1.29, 1.82) is 0 Å². The van der Waals surface area contributed by atoms with E-state index >= 15 is 0 Å². The smallest absolute Gasteiger partial charge is 0.233 e. The monoisotopic (exact) mass is 440 g/mol. The molecule has 1 fully saturated rings. The second-order valence-corrected chi connectivity index (χ2v) is 9.05. The topological polar surface area (TPSA) is 51.0 Å². The first kappa shape index (κ1) is 20.9. The van der Waals surface area contributed by atoms with Crippen molar-refractivity contribution in [3.05, 3.63) is 65.2 Å². The summed E-state index contributed by atoms with van der Waals surface area (Å²) in [6.07, 6.45) is 3.23. The van der Waals surface area contributed by atoms with Gasteiger partial charge in [-0.1, -0.05) is 53.7 Å². The van der Waals surface area contributed by atoms with Crippen molar-refractivity contribution in [1.82, 2.24) is 19.7 Å². The van der Waals surface area contributed by atoms with E-state index in [1.807, 2.05) is 40.8 Å². The van der Waals surface area contributed by atoms with E-state index in [2.05, 4.69) is 40.5 Å². The van der Waals surface area contributed by atoms with E-state index in [1.165, 1.54) is 17.3 Å². The van der Waals surface area contributed by atoms with Gasteiger partial charge in [0.25, 0.3) is 0 Å². The number of amides is 1. The predicted octanol–water partition coefficient (Wildman–Crippen LogP) is 4.71. The van der Waals surface area contributed by atoms with Crippen LogP contribution >= 0.6 is 23.4 Å². The molecule has 1 aliphatic heterocycles. The lowest BCUT2D eigenvalue weighted by Crippen LogP contribution is -2.39. The number of hydrogen-bond donors (Lipinski definition) is 0. The van der Waals surface area contributed by atoms with Crippen molar-refractivity contribution in [3.8, 4) is 11.4 Å². The zero-order chi connectivity index (χ0) is 20.9. The van der Waals surface area contributed by atoms with Crippen molar-refractivity contribution in [3.63, 3.8) is 0 Å². The molecule has 2 heterocycles. The van der Waals surface area contributed by atoms with E-state index in [4.69, 9.17) is 11.6 Å². The number of benzene rings is 2. The Hall–Kier alpha value is -2.31. The highest BCUT2D eigenvalue weighted by molar-refractivity contribution is 7.99. The lowest BCUT2D eigenvalue weighted by molar-refractivity contribution is -0.129. The summed E-state index contributed by atoms with van der Waals surface area (Å²) in [6, 6.07) is 18.1. The molecule has 1 saturated heterocycles. The van der Waals surface area contributed by atoms with Crippen LogP contribution in [0.1, 0.15) is 18.4 Å². The standard InChI is InChI=1S/C23H25ClN4OS/c1-27-22(19-7-9-20(24)10-8-19)25-26-23(27)30-16-21(29)28-13-11-18(12-14-28)15-17-5-3-2-4-6-17/h2-10,18H,11-16H2,1H3. The van der Waals surface area contributed by atoms with Gasteiger partial charge in [-0.05, 0) is 55.0 Å². The molecule has 0 spiro atoms. The number of nitrogens with zero attached hydrogens (tertiary/aromatic N) is 4. The van der Waals surface area contributed by atoms with Crippen LogP contribution in [0.15, 0.2) is 59.8 Å². The molecule has 7 heteroatoms. The number of halogens is 1. The third-order valence-corrected chi connectivity index (χ3v) is 6.85. The Bertz CT molecular complexity index is 982. The summed E-state index contributed by atoms with van der Waals surface area (Å²) in [6.45, 7) is 1.68. The highest BCUT2D eigenvalue weighted by Crippen LogP contribution is 2.26. The maximum Gasteiger partial charge on any atom is 0.233 e. The molecule has 0 bridgehead atoms. The zero-order valence-corrected chi connectivity index (χ0v) is 18.6. The van der Waals surface area contributed by atoms with Gasteiger partial charge in [-0.3, -0.25) is 4.79 Å². The van der Waals surface area contributed by atoms with Crippen LogP contribution in [-0.2, 0) is 18.3 Å². The van der Waals surface area contributed by atoms with Gasteiger partial charge in [0.2, 0.25) is 5.91 Å². The number of carbonyl (C=O) groups excluding carboxylic acids is 1. The quantitative estimate of drug-likeness (QED) is 0.521. The molecule has 1 aliphatic rings. The van der Waals surface area contributed by atoms with Crippen LogP contribution in [0.5, 0.6) is 0 Å². The van der Waals surface area contributed by atoms with Gasteiger partial charge in [-0.2, -0.15) is 0 Å². The maximum absolute atomic E-state index is 12.7. The van der Waals surface area contributed by atoms with Crippen LogP contribution in [0.3, 0.4) is 0 Å². The Balaban J connectivity index is 1.28. The summed E-state index contributed by atoms with van der Waals surface area (Å²) in [5, 5.41) is 9.97. The summed E-state index contributed by atoms with van der Waals surface area (Å²) < 4.78 is 1.92. The van der Waals surface area contributed by atoms with Crippen molar-refractivity contribution in [2.24, 2.45) is 13.0 Å². The van der Waals surface area contributed by atoms with E-state index in [-0.39, 0.29) is 5.91 Å². The first-order chi connectivity index (χ1) is 14.6. The highest BCUT2D eigenvalue weighted by atomic mass is 35.5. The SMILES string of the molecule is Cn1c(SCC(=O)N2CCC(Cc3ccccc3)CC2)nnc1-c1ccc(Cl)cc1. The number of thioether (sulfide) groups is 1. The molecule has 5 nitrogen and oxygen atoms in total. The third kappa shape index (κ3) is 5.05. The fraction of sp³-hybridized carbons (Fsp3) is 0.348. The van der Waals surface area contributed by atoms with Crippen LogP contribution in [0.4, 0.5) is 0 Å². The maximum atomic E-state index is 12.7. The predicted molar refractivity (Wildman–Crippen MR) is 122 cm³/mol. The van der Waals surface area contributed by atoms with Gasteiger partial charge in [0, 0.05) is 30.7 Å². The minimum Gasteiger partial charge on any atom is -0.342 e. The van der Waals surface area contributed by atoms with Crippen LogP contribution in [0.25, 0.3) is 11.4 Å². The van der Waals surface area contributed by atoms with Crippen molar-refractivity contribution < 1.29 is 4.79 Å². The molecule has 0 N–H and O–H groups in total. The van der Waals surface area contributed by atoms with Crippen LogP contribution in [0, 0.1) is 5.92 Å². The van der Waals surface area contributed by atoms with Crippen LogP contribution in [-0.4, -0.2) is 44.4 Å². The molecule has 2 aromatic carbocycles. The molecule has 0 atom stereocenters. The van der Waals surface area contributed by atoms with Gasteiger partial charge in [-0.15, -0.1) is 10.2 Å². The molecule has 1 aromatic heterocycles. The van der Waals surface area contributed by atoms with Crippen molar-refractivity contribution >= 4 is 29.3 Å². The number of hydrogen-bond acceptors (Lipinski definition) is 4. The summed E-state index contributed by atoms with van der Waals surface area (Å²) in [7, 11) is 1.92. The molecule has 156 valence electrons. The summed E-state index contributed by atoms with van der Waals surface area (Å²) in [4.78, 5) is 14.7. The molecule has 1 amide bonds. The van der Waals surface area contributed by atoms with Gasteiger partial charge in [0.05, 0.1) is 5.75 Å². The molecule has 0 radical (unpaired) electrons. The second-order valence-electron chi connectivity index (χ2n) is 7.67. The largest absolute Gasteiger partial charge is 0.342 e. The van der Waals surface area contributed by atoms with Gasteiger partial charge in [-0.25, -0.2) is 0 Å². The number of rotatable bonds is 6. The Morgan fingerprint density at radius 3 is 2.47 bits per heavy atom. The first-order valence-electron chi connectivity index (χ1n) is 10.2. The lowest BCUT2D eigenvalue weighted by atomic mass is 9.90. The molecule has 0 aliphatic carbocycles. The molecule has 30 heavy (non-hydrogen) atoms. The Morgan fingerprint density at radius 1 is 1.07 bits per heavy atom. The van der Waals surface area contributed by atoms with E-state index < -0.39 is 0 Å². The van der Waals surface area contributed by atoms with Gasteiger partial charge in [0.1, 0.15) is 0 Å². The molecule has 3 aromatic rings. The van der Waals surface area contributed by atoms with Gasteiger partial charge >= 0.3 is 0 Å². The normalized spacial score (nSPS) is 14.8. The fourth-order valence-electron chi connectivity index (χ4n) is 3.84. The molecule has 0 unspecified atom stereocenters. The Morgan fingerprint density at radius 2 is 1.77 bits per heavy atom.